The highest BCUT2D eigenvalue weighted by atomic mass is 32.2. The summed E-state index contributed by atoms with van der Waals surface area (Å²) < 4.78 is 28.2. The van der Waals surface area contributed by atoms with Crippen molar-refractivity contribution in [3.8, 4) is 5.88 Å². The second-order valence-corrected chi connectivity index (χ2v) is 8.32. The van der Waals surface area contributed by atoms with E-state index < -0.39 is 9.84 Å². The number of sulfone groups is 1. The van der Waals surface area contributed by atoms with Gasteiger partial charge in [-0.2, -0.15) is 0 Å². The minimum absolute atomic E-state index is 0.00454. The number of hydrogen-bond donors (Lipinski definition) is 2. The summed E-state index contributed by atoms with van der Waals surface area (Å²) in [7, 11) is -1.28. The summed E-state index contributed by atoms with van der Waals surface area (Å²) in [6.07, 6.45) is 5.55. The second-order valence-electron chi connectivity index (χ2n) is 6.06. The summed E-state index contributed by atoms with van der Waals surface area (Å²) >= 11 is 0. The number of hydrogen-bond acceptors (Lipinski definition) is 5. The van der Waals surface area contributed by atoms with Crippen LogP contribution >= 0.6 is 0 Å². The first-order chi connectivity index (χ1) is 11.9. The molecule has 0 saturated heterocycles. The number of pyridine rings is 1. The molecule has 2 N–H and O–H groups in total. The third kappa shape index (κ3) is 9.28. The summed E-state index contributed by atoms with van der Waals surface area (Å²) in [5, 5.41) is 6.41. The van der Waals surface area contributed by atoms with Crippen LogP contribution in [0.2, 0.25) is 0 Å². The number of aliphatic imine (C=N–C) groups is 1. The van der Waals surface area contributed by atoms with E-state index in [1.165, 1.54) is 6.26 Å². The quantitative estimate of drug-likeness (QED) is 0.370. The number of rotatable bonds is 10. The van der Waals surface area contributed by atoms with Gasteiger partial charge in [0.1, 0.15) is 9.84 Å². The molecule has 142 valence electrons. The highest BCUT2D eigenvalue weighted by Crippen LogP contribution is 2.14. The molecule has 0 radical (unpaired) electrons. The lowest BCUT2D eigenvalue weighted by molar-refractivity contribution is 0.294. The van der Waals surface area contributed by atoms with Gasteiger partial charge in [-0.25, -0.2) is 13.4 Å². The molecule has 0 saturated carbocycles. The molecule has 8 heteroatoms. The smallest absolute Gasteiger partial charge is 0.218 e. The van der Waals surface area contributed by atoms with Crippen molar-refractivity contribution >= 4 is 15.8 Å². The Morgan fingerprint density at radius 1 is 1.44 bits per heavy atom. The Morgan fingerprint density at radius 2 is 2.20 bits per heavy atom. The van der Waals surface area contributed by atoms with E-state index in [1.807, 2.05) is 19.1 Å². The van der Waals surface area contributed by atoms with Crippen molar-refractivity contribution in [2.75, 3.05) is 25.7 Å². The molecule has 1 rings (SSSR count). The lowest BCUT2D eigenvalue weighted by atomic mass is 10.2. The maximum absolute atomic E-state index is 11.3. The van der Waals surface area contributed by atoms with E-state index in [4.69, 9.17) is 4.74 Å². The van der Waals surface area contributed by atoms with Crippen molar-refractivity contribution in [2.45, 2.75) is 45.7 Å². The standard InChI is InChI=1S/C17H30N4O3S/c1-5-6-11-24-16-15(8-7-10-19-16)13-20-17(18-3)21-14(2)9-12-25(4,22)23/h7-8,10,14H,5-6,9,11-13H2,1-4H3,(H2,18,20,21). The van der Waals surface area contributed by atoms with Gasteiger partial charge in [-0.15, -0.1) is 0 Å². The summed E-state index contributed by atoms with van der Waals surface area (Å²) in [5.41, 5.74) is 0.949. The zero-order chi connectivity index (χ0) is 18.7. The average Bonchev–Trinajstić information content (AvgIpc) is 2.57. The van der Waals surface area contributed by atoms with E-state index in [-0.39, 0.29) is 11.8 Å². The summed E-state index contributed by atoms with van der Waals surface area (Å²) in [4.78, 5) is 8.46. The van der Waals surface area contributed by atoms with Crippen LogP contribution in [0, 0.1) is 0 Å². The van der Waals surface area contributed by atoms with Gasteiger partial charge in [0, 0.05) is 37.7 Å². The molecular formula is C17H30N4O3S. The number of aromatic nitrogens is 1. The molecule has 0 spiro atoms. The maximum Gasteiger partial charge on any atom is 0.218 e. The molecule has 1 unspecified atom stereocenters. The van der Waals surface area contributed by atoms with Crippen molar-refractivity contribution in [3.05, 3.63) is 23.9 Å². The molecule has 0 aliphatic carbocycles. The SMILES string of the molecule is CCCCOc1ncccc1CNC(=NC)NC(C)CCS(C)(=O)=O. The van der Waals surface area contributed by atoms with Gasteiger partial charge >= 0.3 is 0 Å². The van der Waals surface area contributed by atoms with Gasteiger partial charge in [0.15, 0.2) is 5.96 Å². The van der Waals surface area contributed by atoms with E-state index in [0.717, 1.165) is 18.4 Å². The Hall–Kier alpha value is -1.83. The molecule has 0 amide bonds. The van der Waals surface area contributed by atoms with Crippen molar-refractivity contribution in [3.63, 3.8) is 0 Å². The normalized spacial score (nSPS) is 13.4. The van der Waals surface area contributed by atoms with Gasteiger partial charge in [-0.3, -0.25) is 4.99 Å². The Balaban J connectivity index is 2.54. The number of unbranched alkanes of at least 4 members (excludes halogenated alkanes) is 1. The van der Waals surface area contributed by atoms with Crippen LogP contribution in [-0.2, 0) is 16.4 Å². The van der Waals surface area contributed by atoms with E-state index in [2.05, 4.69) is 27.5 Å². The molecular weight excluding hydrogens is 340 g/mol. The minimum atomic E-state index is -2.96. The van der Waals surface area contributed by atoms with Gasteiger partial charge in [-0.1, -0.05) is 19.4 Å². The zero-order valence-corrected chi connectivity index (χ0v) is 16.4. The van der Waals surface area contributed by atoms with Crippen LogP contribution in [0.4, 0.5) is 0 Å². The second kappa shape index (κ2) is 10.9. The fraction of sp³-hybridized carbons (Fsp3) is 0.647. The van der Waals surface area contributed by atoms with E-state index in [9.17, 15) is 8.42 Å². The van der Waals surface area contributed by atoms with Crippen LogP contribution < -0.4 is 15.4 Å². The van der Waals surface area contributed by atoms with Gasteiger partial charge in [-0.05, 0) is 25.8 Å². The lowest BCUT2D eigenvalue weighted by Crippen LogP contribution is -2.42. The summed E-state index contributed by atoms with van der Waals surface area (Å²) in [6, 6.07) is 3.83. The fourth-order valence-corrected chi connectivity index (χ4v) is 2.85. The largest absolute Gasteiger partial charge is 0.477 e. The fourth-order valence-electron chi connectivity index (χ4n) is 2.07. The van der Waals surface area contributed by atoms with Crippen LogP contribution in [0.15, 0.2) is 23.3 Å². The van der Waals surface area contributed by atoms with Crippen molar-refractivity contribution in [1.29, 1.82) is 0 Å². The molecule has 1 heterocycles. The molecule has 0 fully saturated rings. The number of ether oxygens (including phenoxy) is 1. The number of nitrogens with zero attached hydrogens (tertiary/aromatic N) is 2. The first kappa shape index (κ1) is 21.2. The van der Waals surface area contributed by atoms with Crippen molar-refractivity contribution in [1.82, 2.24) is 15.6 Å². The molecule has 1 aromatic rings. The molecule has 1 aromatic heterocycles. The molecule has 0 aliphatic heterocycles. The summed E-state index contributed by atoms with van der Waals surface area (Å²) in [6.45, 7) is 5.22. The van der Waals surface area contributed by atoms with Gasteiger partial charge < -0.3 is 15.4 Å². The highest BCUT2D eigenvalue weighted by Gasteiger charge is 2.10. The molecule has 1 atom stereocenters. The van der Waals surface area contributed by atoms with Crippen LogP contribution in [-0.4, -0.2) is 51.1 Å². The van der Waals surface area contributed by atoms with E-state index in [0.29, 0.717) is 31.4 Å². The van der Waals surface area contributed by atoms with Crippen LogP contribution in [0.1, 0.15) is 38.7 Å². The highest BCUT2D eigenvalue weighted by molar-refractivity contribution is 7.90. The first-order valence-corrected chi connectivity index (χ1v) is 10.6. The van der Waals surface area contributed by atoms with Gasteiger partial charge in [0.05, 0.1) is 12.4 Å². The predicted molar refractivity (Wildman–Crippen MR) is 102 cm³/mol. The Kier molecular flexibility index (Phi) is 9.26. The van der Waals surface area contributed by atoms with E-state index >= 15 is 0 Å². The van der Waals surface area contributed by atoms with Crippen LogP contribution in [0.25, 0.3) is 0 Å². The maximum atomic E-state index is 11.3. The molecule has 0 aromatic carbocycles. The predicted octanol–water partition coefficient (Wildman–Crippen LogP) is 1.75. The number of nitrogens with one attached hydrogen (secondary N) is 2. The first-order valence-electron chi connectivity index (χ1n) is 8.57. The van der Waals surface area contributed by atoms with Crippen LogP contribution in [0.3, 0.4) is 0 Å². The molecule has 0 aliphatic rings. The number of guanidine groups is 1. The zero-order valence-electron chi connectivity index (χ0n) is 15.6. The van der Waals surface area contributed by atoms with Gasteiger partial charge in [0.25, 0.3) is 0 Å². The third-order valence-corrected chi connectivity index (χ3v) is 4.54. The van der Waals surface area contributed by atoms with Gasteiger partial charge in [0.2, 0.25) is 5.88 Å². The Morgan fingerprint density at radius 3 is 2.84 bits per heavy atom. The molecule has 7 nitrogen and oxygen atoms in total. The topological polar surface area (TPSA) is 92.7 Å². The minimum Gasteiger partial charge on any atom is -0.477 e. The Labute approximate surface area is 151 Å². The van der Waals surface area contributed by atoms with Crippen molar-refractivity contribution in [2.24, 2.45) is 4.99 Å². The van der Waals surface area contributed by atoms with E-state index in [1.54, 1.807) is 13.2 Å². The third-order valence-electron chi connectivity index (χ3n) is 3.56. The van der Waals surface area contributed by atoms with Crippen LogP contribution in [0.5, 0.6) is 5.88 Å². The summed E-state index contributed by atoms with van der Waals surface area (Å²) in [5.74, 6) is 1.39. The molecule has 25 heavy (non-hydrogen) atoms. The molecule has 0 bridgehead atoms. The van der Waals surface area contributed by atoms with Crippen molar-refractivity contribution < 1.29 is 13.2 Å². The lowest BCUT2D eigenvalue weighted by Gasteiger charge is -2.18. The Bertz CT molecular complexity index is 647. The average molecular weight is 371 g/mol. The monoisotopic (exact) mass is 370 g/mol.